The van der Waals surface area contributed by atoms with Crippen LogP contribution in [0.3, 0.4) is 0 Å². The Morgan fingerprint density at radius 3 is 2.43 bits per heavy atom. The van der Waals surface area contributed by atoms with Crippen LogP contribution in [-0.4, -0.2) is 10.7 Å². The molecule has 0 aromatic heterocycles. The van der Waals surface area contributed by atoms with Gasteiger partial charge in [-0.05, 0) is 0 Å². The maximum atomic E-state index is 11.3. The zero-order valence-corrected chi connectivity index (χ0v) is 8.60. The monoisotopic (exact) mass is 255 g/mol. The molecule has 0 saturated carbocycles. The van der Waals surface area contributed by atoms with E-state index in [0.29, 0.717) is 5.56 Å². The molecule has 0 N–H and O–H groups in total. The molecule has 72 valence electrons. The lowest BCUT2D eigenvalue weighted by atomic mass is 10.1. The summed E-state index contributed by atoms with van der Waals surface area (Å²) in [5.74, 6) is -0.394. The van der Waals surface area contributed by atoms with E-state index >= 15 is 0 Å². The third kappa shape index (κ3) is 2.77. The third-order valence-electron chi connectivity index (χ3n) is 1.48. The number of hydrogen-bond acceptors (Lipinski definition) is 3. The van der Waals surface area contributed by atoms with Crippen molar-refractivity contribution in [2.24, 2.45) is 0 Å². The van der Waals surface area contributed by atoms with Crippen LogP contribution in [0.25, 0.3) is 0 Å². The zero-order valence-electron chi connectivity index (χ0n) is 7.01. The molecule has 0 heterocycles. The Labute approximate surface area is 88.5 Å². The van der Waals surface area contributed by atoms with Gasteiger partial charge in [0.2, 0.25) is 0 Å². The third-order valence-corrected chi connectivity index (χ3v) is 2.00. The Hall–Kier alpha value is -1.49. The molecule has 0 spiro atoms. The van der Waals surface area contributed by atoms with Gasteiger partial charge in [0.1, 0.15) is 0 Å². The summed E-state index contributed by atoms with van der Waals surface area (Å²) in [5.41, 5.74) is 0.423. The first-order valence-electron chi connectivity index (χ1n) is 3.72. The number of rotatable bonds is 3. The van der Waals surface area contributed by atoms with E-state index < -0.39 is 10.7 Å². The fraction of sp³-hybridized carbons (Fsp3) is 0. The van der Waals surface area contributed by atoms with Gasteiger partial charge in [-0.2, -0.15) is 0 Å². The summed E-state index contributed by atoms with van der Waals surface area (Å²) in [4.78, 5) is 20.9. The van der Waals surface area contributed by atoms with Crippen LogP contribution in [0.2, 0.25) is 0 Å². The lowest BCUT2D eigenvalue weighted by Crippen LogP contribution is -1.98. The Balaban J connectivity index is 2.88. The molecule has 4 nitrogen and oxygen atoms in total. The van der Waals surface area contributed by atoms with Crippen LogP contribution in [0.5, 0.6) is 0 Å². The van der Waals surface area contributed by atoms with E-state index in [2.05, 4.69) is 15.9 Å². The van der Waals surface area contributed by atoms with Crippen LogP contribution in [0.4, 0.5) is 0 Å². The van der Waals surface area contributed by atoms with Gasteiger partial charge in [-0.1, -0.05) is 30.3 Å². The minimum absolute atomic E-state index is 0.341. The molecule has 14 heavy (non-hydrogen) atoms. The number of hydrogen-bond donors (Lipinski definition) is 0. The largest absolute Gasteiger partial charge is 0.314 e. The summed E-state index contributed by atoms with van der Waals surface area (Å²) in [5, 5.41) is 10.2. The maximum Gasteiger partial charge on any atom is 0.314 e. The molecule has 0 aliphatic carbocycles. The van der Waals surface area contributed by atoms with Crippen LogP contribution in [0.15, 0.2) is 41.0 Å². The van der Waals surface area contributed by atoms with Crippen molar-refractivity contribution in [3.63, 3.8) is 0 Å². The second-order valence-corrected chi connectivity index (χ2v) is 3.27. The average molecular weight is 256 g/mol. The van der Waals surface area contributed by atoms with Crippen molar-refractivity contribution in [1.29, 1.82) is 0 Å². The fourth-order valence-electron chi connectivity index (χ4n) is 0.847. The van der Waals surface area contributed by atoms with Crippen molar-refractivity contribution in [3.05, 3.63) is 56.7 Å². The topological polar surface area (TPSA) is 60.2 Å². The molecule has 0 atom stereocenters. The predicted octanol–water partition coefficient (Wildman–Crippen LogP) is 2.38. The second-order valence-electron chi connectivity index (χ2n) is 2.45. The summed E-state index contributed by atoms with van der Waals surface area (Å²) >= 11 is 2.68. The Morgan fingerprint density at radius 1 is 1.36 bits per heavy atom. The summed E-state index contributed by atoms with van der Waals surface area (Å²) in [6.45, 7) is 0. The summed E-state index contributed by atoms with van der Waals surface area (Å²) in [7, 11) is 0. The van der Waals surface area contributed by atoms with Gasteiger partial charge in [0, 0.05) is 21.5 Å². The number of halogens is 1. The Bertz CT molecular complexity index is 386. The minimum atomic E-state index is -0.666. The molecular weight excluding hydrogens is 250 g/mol. The summed E-state index contributed by atoms with van der Waals surface area (Å²) < 4.78 is -0.341. The highest BCUT2D eigenvalue weighted by molar-refractivity contribution is 9.11. The lowest BCUT2D eigenvalue weighted by molar-refractivity contribution is -0.408. The lowest BCUT2D eigenvalue weighted by Gasteiger charge is -1.92. The number of benzene rings is 1. The SMILES string of the molecule is O=C(C=C(Br)[N+](=O)[O-])c1ccccc1. The van der Waals surface area contributed by atoms with E-state index in [1.54, 1.807) is 30.3 Å². The molecule has 0 bridgehead atoms. The first-order valence-corrected chi connectivity index (χ1v) is 4.51. The fourth-order valence-corrected chi connectivity index (χ4v) is 1.05. The number of carbonyl (C=O) groups excluding carboxylic acids is 1. The summed E-state index contributed by atoms with van der Waals surface area (Å²) in [6.07, 6.45) is 0.940. The molecular formula is C9H6BrNO3. The number of allylic oxidation sites excluding steroid dienone is 1. The van der Waals surface area contributed by atoms with Crippen LogP contribution < -0.4 is 0 Å². The van der Waals surface area contributed by atoms with Crippen molar-refractivity contribution in [3.8, 4) is 0 Å². The quantitative estimate of drug-likeness (QED) is 0.274. The molecule has 5 heteroatoms. The van der Waals surface area contributed by atoms with Crippen molar-refractivity contribution < 1.29 is 9.72 Å². The Morgan fingerprint density at radius 2 is 1.93 bits per heavy atom. The van der Waals surface area contributed by atoms with Crippen LogP contribution in [-0.2, 0) is 0 Å². The highest BCUT2D eigenvalue weighted by Gasteiger charge is 2.09. The predicted molar refractivity (Wildman–Crippen MR) is 54.8 cm³/mol. The van der Waals surface area contributed by atoms with Crippen molar-refractivity contribution in [2.45, 2.75) is 0 Å². The molecule has 0 aliphatic rings. The van der Waals surface area contributed by atoms with Gasteiger partial charge < -0.3 is 0 Å². The number of ketones is 1. The van der Waals surface area contributed by atoms with Crippen molar-refractivity contribution in [1.82, 2.24) is 0 Å². The number of nitro groups is 1. The summed E-state index contributed by atoms with van der Waals surface area (Å²) in [6, 6.07) is 8.35. The minimum Gasteiger partial charge on any atom is -0.289 e. The highest BCUT2D eigenvalue weighted by Crippen LogP contribution is 2.08. The molecule has 0 fully saturated rings. The van der Waals surface area contributed by atoms with Gasteiger partial charge in [0.25, 0.3) is 0 Å². The average Bonchev–Trinajstić information content (AvgIpc) is 2.19. The van der Waals surface area contributed by atoms with Crippen LogP contribution >= 0.6 is 15.9 Å². The van der Waals surface area contributed by atoms with Gasteiger partial charge >= 0.3 is 4.61 Å². The maximum absolute atomic E-state index is 11.3. The van der Waals surface area contributed by atoms with E-state index in [1.807, 2.05) is 0 Å². The van der Waals surface area contributed by atoms with E-state index in [4.69, 9.17) is 0 Å². The first kappa shape index (κ1) is 10.6. The number of nitrogens with zero attached hydrogens (tertiary/aromatic N) is 1. The van der Waals surface area contributed by atoms with E-state index in [1.165, 1.54) is 0 Å². The molecule has 0 unspecified atom stereocenters. The standard InChI is InChI=1S/C9H6BrNO3/c10-9(11(13)14)6-8(12)7-4-2-1-3-5-7/h1-6H. The second kappa shape index (κ2) is 4.66. The molecule has 0 aliphatic heterocycles. The molecule has 1 aromatic carbocycles. The van der Waals surface area contributed by atoms with Gasteiger partial charge in [-0.25, -0.2) is 0 Å². The number of carbonyl (C=O) groups is 1. The molecule has 0 saturated heterocycles. The molecule has 0 amide bonds. The van der Waals surface area contributed by atoms with Gasteiger partial charge in [0.05, 0.1) is 11.0 Å². The zero-order chi connectivity index (χ0) is 10.6. The van der Waals surface area contributed by atoms with Gasteiger partial charge in [0.15, 0.2) is 5.78 Å². The van der Waals surface area contributed by atoms with Crippen LogP contribution in [0, 0.1) is 10.1 Å². The smallest absolute Gasteiger partial charge is 0.289 e. The molecule has 1 rings (SSSR count). The van der Waals surface area contributed by atoms with Crippen molar-refractivity contribution in [2.75, 3.05) is 0 Å². The molecule has 1 aromatic rings. The van der Waals surface area contributed by atoms with E-state index in [0.717, 1.165) is 6.08 Å². The van der Waals surface area contributed by atoms with Gasteiger partial charge in [-0.15, -0.1) is 0 Å². The normalized spacial score (nSPS) is 11.1. The van der Waals surface area contributed by atoms with E-state index in [9.17, 15) is 14.9 Å². The highest BCUT2D eigenvalue weighted by atomic mass is 79.9. The van der Waals surface area contributed by atoms with Crippen LogP contribution in [0.1, 0.15) is 10.4 Å². The molecule has 0 radical (unpaired) electrons. The van der Waals surface area contributed by atoms with E-state index in [-0.39, 0.29) is 4.61 Å². The van der Waals surface area contributed by atoms with Gasteiger partial charge in [-0.3, -0.25) is 14.9 Å². The first-order chi connectivity index (χ1) is 6.61. The Kier molecular flexibility index (Phi) is 3.53. The van der Waals surface area contributed by atoms with Crippen molar-refractivity contribution >= 4 is 21.7 Å².